The van der Waals surface area contributed by atoms with Gasteiger partial charge in [-0.1, -0.05) is 39.3 Å². The quantitative estimate of drug-likeness (QED) is 0.394. The van der Waals surface area contributed by atoms with Crippen LogP contribution in [0.3, 0.4) is 0 Å². The van der Waals surface area contributed by atoms with Gasteiger partial charge in [-0.2, -0.15) is 0 Å². The number of ketones is 2. The molecular formula is C27H36ClFO5S. The van der Waals surface area contributed by atoms with E-state index in [1.807, 2.05) is 27.7 Å². The first-order chi connectivity index (χ1) is 16.3. The Morgan fingerprint density at radius 2 is 2.00 bits per heavy atom. The fourth-order valence-electron chi connectivity index (χ4n) is 7.94. The molecule has 194 valence electrons. The van der Waals surface area contributed by atoms with Gasteiger partial charge in [0.1, 0.15) is 0 Å². The van der Waals surface area contributed by atoms with E-state index in [0.29, 0.717) is 24.8 Å². The highest BCUT2D eigenvalue weighted by Gasteiger charge is 2.77. The second-order valence-electron chi connectivity index (χ2n) is 11.5. The fraction of sp³-hybridized carbons (Fsp3) is 0.741. The van der Waals surface area contributed by atoms with Crippen LogP contribution in [0.15, 0.2) is 23.8 Å². The molecule has 0 aromatic rings. The minimum Gasteiger partial charge on any atom is -0.449 e. The van der Waals surface area contributed by atoms with Crippen LogP contribution in [-0.4, -0.2) is 56.9 Å². The smallest absolute Gasteiger partial charge is 0.316 e. The summed E-state index contributed by atoms with van der Waals surface area (Å²) in [4.78, 5) is 38.5. The van der Waals surface area contributed by atoms with Gasteiger partial charge in [-0.3, -0.25) is 14.4 Å². The zero-order valence-corrected chi connectivity index (χ0v) is 22.7. The standard InChI is InChI=1S/C27H36ClFO5S/c1-15(2)35-14-23(33)34-27(22(32)13-28)16(3)10-20-19-7-6-17-11-18(30)8-9-24(17,4)26(19,29)21(31)12-25(20,27)5/h8-9,11,15-16,19-21,31H,6-7,10,12-14H2,1-5H3/t16-,19-,20-,21-,24-,25-,26-,27-/m0/s1. The average molecular weight is 527 g/mol. The number of rotatable bonds is 6. The monoisotopic (exact) mass is 526 g/mol. The van der Waals surface area contributed by atoms with Crippen molar-refractivity contribution in [2.45, 2.75) is 82.9 Å². The topological polar surface area (TPSA) is 80.7 Å². The number of esters is 1. The summed E-state index contributed by atoms with van der Waals surface area (Å²) in [6.45, 7) is 9.46. The summed E-state index contributed by atoms with van der Waals surface area (Å²) in [6.07, 6.45) is 4.55. The van der Waals surface area contributed by atoms with Gasteiger partial charge in [0, 0.05) is 22.7 Å². The Bertz CT molecular complexity index is 996. The first-order valence-electron chi connectivity index (χ1n) is 12.5. The van der Waals surface area contributed by atoms with E-state index in [0.717, 1.165) is 0 Å². The van der Waals surface area contributed by atoms with Crippen molar-refractivity contribution in [1.82, 2.24) is 0 Å². The van der Waals surface area contributed by atoms with Crippen molar-refractivity contribution in [2.75, 3.05) is 11.6 Å². The third kappa shape index (κ3) is 3.62. The number of alkyl halides is 2. The lowest BCUT2D eigenvalue weighted by molar-refractivity contribution is -0.226. The van der Waals surface area contributed by atoms with Crippen LogP contribution in [0, 0.1) is 28.6 Å². The Labute approximate surface area is 216 Å². The first-order valence-corrected chi connectivity index (χ1v) is 14.1. The molecule has 0 bridgehead atoms. The molecule has 1 N–H and O–H groups in total. The van der Waals surface area contributed by atoms with Gasteiger partial charge in [-0.05, 0) is 55.9 Å². The molecule has 0 aromatic carbocycles. The van der Waals surface area contributed by atoms with Crippen molar-refractivity contribution >= 4 is 40.9 Å². The molecule has 4 aliphatic rings. The molecule has 3 saturated carbocycles. The van der Waals surface area contributed by atoms with Crippen molar-refractivity contribution in [2.24, 2.45) is 28.6 Å². The third-order valence-corrected chi connectivity index (χ3v) is 10.8. The lowest BCUT2D eigenvalue weighted by atomic mass is 9.44. The van der Waals surface area contributed by atoms with E-state index in [-0.39, 0.29) is 46.7 Å². The molecule has 0 radical (unpaired) electrons. The first kappa shape index (κ1) is 26.9. The van der Waals surface area contributed by atoms with Gasteiger partial charge in [0.05, 0.1) is 17.7 Å². The molecule has 4 aliphatic carbocycles. The van der Waals surface area contributed by atoms with Gasteiger partial charge in [-0.25, -0.2) is 4.39 Å². The van der Waals surface area contributed by atoms with Crippen molar-refractivity contribution in [1.29, 1.82) is 0 Å². The highest BCUT2D eigenvalue weighted by molar-refractivity contribution is 8.00. The van der Waals surface area contributed by atoms with Gasteiger partial charge in [0.25, 0.3) is 0 Å². The molecule has 0 aromatic heterocycles. The second-order valence-corrected chi connectivity index (χ2v) is 13.4. The van der Waals surface area contributed by atoms with E-state index in [4.69, 9.17) is 16.3 Å². The van der Waals surface area contributed by atoms with E-state index in [2.05, 4.69) is 0 Å². The fourth-order valence-corrected chi connectivity index (χ4v) is 8.67. The molecular weight excluding hydrogens is 491 g/mol. The summed E-state index contributed by atoms with van der Waals surface area (Å²) in [5.41, 5.74) is -4.90. The maximum atomic E-state index is 17.3. The highest BCUT2D eigenvalue weighted by atomic mass is 35.5. The van der Waals surface area contributed by atoms with Gasteiger partial charge >= 0.3 is 5.97 Å². The SMILES string of the molecule is CC(C)SCC(=O)O[C@]1(C(=O)CCl)[C@@H](C)C[C@H]2[C@@H]3CCC4=CC(=O)C=C[C@]4(C)[C@@]3(F)[C@@H](O)C[C@@]21C. The van der Waals surface area contributed by atoms with Crippen molar-refractivity contribution in [3.63, 3.8) is 0 Å². The van der Waals surface area contributed by atoms with E-state index in [1.54, 1.807) is 13.0 Å². The number of thioether (sulfide) groups is 1. The van der Waals surface area contributed by atoms with Crippen LogP contribution in [-0.2, 0) is 19.1 Å². The third-order valence-electron chi connectivity index (χ3n) is 9.53. The summed E-state index contributed by atoms with van der Waals surface area (Å²) in [7, 11) is 0. The van der Waals surface area contributed by atoms with Gasteiger partial charge < -0.3 is 9.84 Å². The number of carbonyl (C=O) groups excluding carboxylic acids is 3. The number of halogens is 2. The van der Waals surface area contributed by atoms with Crippen LogP contribution >= 0.6 is 23.4 Å². The summed E-state index contributed by atoms with van der Waals surface area (Å²) in [6, 6.07) is 0. The lowest BCUT2D eigenvalue weighted by Gasteiger charge is -2.62. The largest absolute Gasteiger partial charge is 0.449 e. The van der Waals surface area contributed by atoms with Crippen LogP contribution in [0.5, 0.6) is 0 Å². The zero-order valence-electron chi connectivity index (χ0n) is 21.1. The summed E-state index contributed by atoms with van der Waals surface area (Å²) >= 11 is 7.52. The minimum atomic E-state index is -2.00. The van der Waals surface area contributed by atoms with Crippen LogP contribution in [0.1, 0.15) is 60.3 Å². The molecule has 8 atom stereocenters. The summed E-state index contributed by atoms with van der Waals surface area (Å²) in [5, 5.41) is 11.7. The molecule has 3 fully saturated rings. The maximum absolute atomic E-state index is 17.3. The Kier molecular flexibility index (Phi) is 6.90. The number of aliphatic hydroxyl groups is 1. The van der Waals surface area contributed by atoms with Crippen molar-refractivity contribution < 1.29 is 28.6 Å². The number of ether oxygens (including phenoxy) is 1. The van der Waals surface area contributed by atoms with Gasteiger partial charge in [0.15, 0.2) is 22.8 Å². The zero-order chi connectivity index (χ0) is 26.0. The molecule has 4 rings (SSSR count). The molecule has 35 heavy (non-hydrogen) atoms. The molecule has 0 unspecified atom stereocenters. The van der Waals surface area contributed by atoms with E-state index in [1.165, 1.54) is 23.9 Å². The van der Waals surface area contributed by atoms with E-state index >= 15 is 4.39 Å². The van der Waals surface area contributed by atoms with Crippen LogP contribution in [0.25, 0.3) is 0 Å². The van der Waals surface area contributed by atoms with E-state index < -0.39 is 40.1 Å². The predicted octanol–water partition coefficient (Wildman–Crippen LogP) is 4.83. The Hall–Kier alpha value is -1.18. The number of allylic oxidation sites excluding steroid dienone is 4. The molecule has 8 heteroatoms. The molecule has 0 spiro atoms. The highest BCUT2D eigenvalue weighted by Crippen LogP contribution is 2.71. The number of carbonyl (C=O) groups is 3. The van der Waals surface area contributed by atoms with Gasteiger partial charge in [0.2, 0.25) is 0 Å². The van der Waals surface area contributed by atoms with Crippen LogP contribution < -0.4 is 0 Å². The Balaban J connectivity index is 1.78. The lowest BCUT2D eigenvalue weighted by Crippen LogP contribution is -2.70. The Morgan fingerprint density at radius 3 is 2.63 bits per heavy atom. The number of hydrogen-bond donors (Lipinski definition) is 1. The summed E-state index contributed by atoms with van der Waals surface area (Å²) in [5.74, 6) is -2.50. The number of hydrogen-bond acceptors (Lipinski definition) is 6. The number of aliphatic hydroxyl groups excluding tert-OH is 1. The Morgan fingerprint density at radius 1 is 1.31 bits per heavy atom. The van der Waals surface area contributed by atoms with Gasteiger partial charge in [-0.15, -0.1) is 23.4 Å². The minimum absolute atomic E-state index is 0.0348. The van der Waals surface area contributed by atoms with E-state index in [9.17, 15) is 19.5 Å². The molecule has 0 heterocycles. The number of Topliss-reactive ketones (excluding diaryl/α,β-unsaturated/α-hetero) is 1. The van der Waals surface area contributed by atoms with Crippen molar-refractivity contribution in [3.8, 4) is 0 Å². The van der Waals surface area contributed by atoms with Crippen LogP contribution in [0.2, 0.25) is 0 Å². The van der Waals surface area contributed by atoms with Crippen LogP contribution in [0.4, 0.5) is 4.39 Å². The second kappa shape index (κ2) is 8.98. The molecule has 5 nitrogen and oxygen atoms in total. The molecule has 0 amide bonds. The average Bonchev–Trinajstić information content (AvgIpc) is 3.00. The summed E-state index contributed by atoms with van der Waals surface area (Å²) < 4.78 is 23.4. The normalized spacial score (nSPS) is 44.4. The molecule has 0 saturated heterocycles. The number of fused-ring (bicyclic) bond motifs is 5. The van der Waals surface area contributed by atoms with Crippen molar-refractivity contribution in [3.05, 3.63) is 23.8 Å². The maximum Gasteiger partial charge on any atom is 0.316 e. The predicted molar refractivity (Wildman–Crippen MR) is 135 cm³/mol. The molecule has 0 aliphatic heterocycles.